The van der Waals surface area contributed by atoms with E-state index in [1.807, 2.05) is 13.8 Å². The Bertz CT molecular complexity index is 1490. The topological polar surface area (TPSA) is 74.6 Å². The summed E-state index contributed by atoms with van der Waals surface area (Å²) >= 11 is 0. The summed E-state index contributed by atoms with van der Waals surface area (Å²) < 4.78 is 53.9. The number of benzene rings is 3. The number of hydrogen-bond acceptors (Lipinski definition) is 5. The van der Waals surface area contributed by atoms with Gasteiger partial charge in [-0.3, -0.25) is 4.79 Å². The molecule has 0 unspecified atom stereocenters. The summed E-state index contributed by atoms with van der Waals surface area (Å²) in [5.74, 6) is 0.551. The van der Waals surface area contributed by atoms with E-state index in [-0.39, 0.29) is 16.8 Å². The van der Waals surface area contributed by atoms with Gasteiger partial charge in [0.25, 0.3) is 0 Å². The van der Waals surface area contributed by atoms with Crippen molar-refractivity contribution in [1.82, 2.24) is 4.57 Å². The highest BCUT2D eigenvalue weighted by molar-refractivity contribution is 7.91. The molecule has 0 aliphatic rings. The van der Waals surface area contributed by atoms with Crippen LogP contribution in [0.1, 0.15) is 19.4 Å². The van der Waals surface area contributed by atoms with Gasteiger partial charge < -0.3 is 14.0 Å². The number of aromatic nitrogens is 1. The molecule has 1 aromatic heterocycles. The molecule has 4 aromatic rings. The third-order valence-corrected chi connectivity index (χ3v) is 7.13. The van der Waals surface area contributed by atoms with Crippen LogP contribution in [0.15, 0.2) is 87.5 Å². The van der Waals surface area contributed by atoms with Crippen molar-refractivity contribution in [2.45, 2.75) is 30.2 Å². The summed E-state index contributed by atoms with van der Waals surface area (Å²) in [6.45, 7) is 4.52. The van der Waals surface area contributed by atoms with E-state index < -0.39 is 26.0 Å². The minimum atomic E-state index is -4.17. The molecule has 0 fully saturated rings. The summed E-state index contributed by atoms with van der Waals surface area (Å²) in [5.41, 5.74) is 0.198. The second-order valence-electron chi connectivity index (χ2n) is 7.56. The van der Waals surface area contributed by atoms with Gasteiger partial charge in [0.1, 0.15) is 22.2 Å². The fourth-order valence-corrected chi connectivity index (χ4v) is 5.12. The zero-order valence-corrected chi connectivity index (χ0v) is 19.6. The Morgan fingerprint density at radius 1 is 0.882 bits per heavy atom. The first-order chi connectivity index (χ1) is 16.3. The smallest absolute Gasteiger partial charge is 0.211 e. The van der Waals surface area contributed by atoms with Gasteiger partial charge in [0, 0.05) is 11.8 Å². The Labute approximate surface area is 197 Å². The molecule has 0 aliphatic carbocycles. The van der Waals surface area contributed by atoms with Crippen LogP contribution in [0.2, 0.25) is 0 Å². The second kappa shape index (κ2) is 9.69. The molecule has 0 atom stereocenters. The molecule has 0 bridgehead atoms. The molecule has 6 nitrogen and oxygen atoms in total. The Balaban J connectivity index is 1.92. The molecule has 34 heavy (non-hydrogen) atoms. The fourth-order valence-electron chi connectivity index (χ4n) is 3.75. The average molecular weight is 482 g/mol. The first-order valence-electron chi connectivity index (χ1n) is 10.9. The number of fused-ring (bicyclic) bond motifs is 1. The molecule has 3 aromatic carbocycles. The van der Waals surface area contributed by atoms with E-state index in [0.29, 0.717) is 35.8 Å². The highest BCUT2D eigenvalue weighted by Crippen LogP contribution is 2.26. The normalized spacial score (nSPS) is 11.5. The summed E-state index contributed by atoms with van der Waals surface area (Å²) in [4.78, 5) is 13.0. The van der Waals surface area contributed by atoms with Gasteiger partial charge in [0.15, 0.2) is 0 Å². The number of hydrogen-bond donors (Lipinski definition) is 0. The molecular weight excluding hydrogens is 457 g/mol. The van der Waals surface area contributed by atoms with Gasteiger partial charge in [-0.2, -0.15) is 0 Å². The lowest BCUT2D eigenvalue weighted by Crippen LogP contribution is -2.20. The summed E-state index contributed by atoms with van der Waals surface area (Å²) in [5, 5.41) is 0.175. The molecule has 0 amide bonds. The predicted octanol–water partition coefficient (Wildman–Crippen LogP) is 4.82. The van der Waals surface area contributed by atoms with E-state index in [0.717, 1.165) is 0 Å². The van der Waals surface area contributed by atoms with Crippen molar-refractivity contribution in [3.8, 4) is 11.5 Å². The van der Waals surface area contributed by atoms with Gasteiger partial charge in [0.2, 0.25) is 15.3 Å². The van der Waals surface area contributed by atoms with E-state index in [4.69, 9.17) is 9.47 Å². The number of rotatable bonds is 8. The molecule has 0 saturated carbocycles. The fraction of sp³-hybridized carbons (Fsp3) is 0.192. The van der Waals surface area contributed by atoms with Crippen LogP contribution in [0, 0.1) is 5.82 Å². The lowest BCUT2D eigenvalue weighted by molar-refractivity contribution is 0.340. The van der Waals surface area contributed by atoms with E-state index in [1.54, 1.807) is 47.0 Å². The van der Waals surface area contributed by atoms with E-state index >= 15 is 0 Å². The van der Waals surface area contributed by atoms with Crippen LogP contribution in [0.5, 0.6) is 11.5 Å². The van der Waals surface area contributed by atoms with Crippen LogP contribution in [0.4, 0.5) is 4.39 Å². The Kier molecular flexibility index (Phi) is 6.70. The largest absolute Gasteiger partial charge is 0.494 e. The van der Waals surface area contributed by atoms with Crippen molar-refractivity contribution in [1.29, 1.82) is 0 Å². The SMILES string of the molecule is CCOc1ccc(S(=O)(=O)c2cn(Cc3ccccc3F)c3ccc(OCC)cc3c2=O)cc1. The third-order valence-electron chi connectivity index (χ3n) is 5.36. The maximum atomic E-state index is 14.4. The molecule has 8 heteroatoms. The Morgan fingerprint density at radius 2 is 1.53 bits per heavy atom. The number of nitrogens with zero attached hydrogens (tertiary/aromatic N) is 1. The maximum Gasteiger partial charge on any atom is 0.211 e. The standard InChI is InChI=1S/C26H24FNO5S/c1-3-32-19-9-12-21(13-10-19)34(30,31)25-17-28(16-18-7-5-6-8-23(18)27)24-14-11-20(33-4-2)15-22(24)26(25)29/h5-15,17H,3-4,16H2,1-2H3. The van der Waals surface area contributed by atoms with E-state index in [2.05, 4.69) is 0 Å². The molecule has 4 rings (SSSR count). The predicted molar refractivity (Wildman–Crippen MR) is 128 cm³/mol. The van der Waals surface area contributed by atoms with E-state index in [9.17, 15) is 17.6 Å². The van der Waals surface area contributed by atoms with Crippen molar-refractivity contribution in [2.75, 3.05) is 13.2 Å². The zero-order valence-electron chi connectivity index (χ0n) is 18.8. The minimum absolute atomic E-state index is 0.0363. The van der Waals surface area contributed by atoms with Gasteiger partial charge in [-0.1, -0.05) is 18.2 Å². The van der Waals surface area contributed by atoms with Gasteiger partial charge in [-0.25, -0.2) is 12.8 Å². The van der Waals surface area contributed by atoms with Gasteiger partial charge in [-0.05, 0) is 62.4 Å². The zero-order chi connectivity index (χ0) is 24.3. The van der Waals surface area contributed by atoms with Gasteiger partial charge in [-0.15, -0.1) is 0 Å². The Hall–Kier alpha value is -3.65. The van der Waals surface area contributed by atoms with Crippen LogP contribution in [-0.4, -0.2) is 26.2 Å². The molecule has 176 valence electrons. The van der Waals surface area contributed by atoms with Crippen LogP contribution in [0.3, 0.4) is 0 Å². The molecule has 0 N–H and O–H groups in total. The first kappa shape index (κ1) is 23.5. The van der Waals surface area contributed by atoms with Crippen molar-refractivity contribution in [2.24, 2.45) is 0 Å². The second-order valence-corrected chi connectivity index (χ2v) is 9.48. The Morgan fingerprint density at radius 3 is 2.21 bits per heavy atom. The molecule has 0 saturated heterocycles. The third kappa shape index (κ3) is 4.54. The molecule has 0 aliphatic heterocycles. The summed E-state index contributed by atoms with van der Waals surface area (Å²) in [7, 11) is -4.17. The molecule has 1 heterocycles. The number of pyridine rings is 1. The highest BCUT2D eigenvalue weighted by atomic mass is 32.2. The van der Waals surface area contributed by atoms with Crippen LogP contribution < -0.4 is 14.9 Å². The minimum Gasteiger partial charge on any atom is -0.494 e. The van der Waals surface area contributed by atoms with Crippen LogP contribution in [-0.2, 0) is 16.4 Å². The van der Waals surface area contributed by atoms with Gasteiger partial charge >= 0.3 is 0 Å². The molecule has 0 radical (unpaired) electrons. The van der Waals surface area contributed by atoms with Crippen molar-refractivity contribution in [3.63, 3.8) is 0 Å². The first-order valence-corrected chi connectivity index (χ1v) is 12.3. The average Bonchev–Trinajstić information content (AvgIpc) is 2.83. The maximum absolute atomic E-state index is 14.4. The lowest BCUT2D eigenvalue weighted by atomic mass is 10.1. The van der Waals surface area contributed by atoms with Gasteiger partial charge in [0.05, 0.1) is 35.6 Å². The lowest BCUT2D eigenvalue weighted by Gasteiger charge is -2.15. The van der Waals surface area contributed by atoms with Crippen LogP contribution in [0.25, 0.3) is 10.9 Å². The number of sulfone groups is 1. The monoisotopic (exact) mass is 481 g/mol. The summed E-state index contributed by atoms with van der Waals surface area (Å²) in [6, 6.07) is 17.0. The van der Waals surface area contributed by atoms with Crippen molar-refractivity contribution < 1.29 is 22.3 Å². The molecule has 0 spiro atoms. The number of ether oxygens (including phenoxy) is 2. The summed E-state index contributed by atoms with van der Waals surface area (Å²) in [6.07, 6.45) is 1.28. The van der Waals surface area contributed by atoms with Crippen LogP contribution >= 0.6 is 0 Å². The van der Waals surface area contributed by atoms with E-state index in [1.165, 1.54) is 30.5 Å². The molecular formula is C26H24FNO5S. The number of halogens is 1. The quantitative estimate of drug-likeness (QED) is 0.361. The van der Waals surface area contributed by atoms with Crippen molar-refractivity contribution >= 4 is 20.7 Å². The highest BCUT2D eigenvalue weighted by Gasteiger charge is 2.24. The van der Waals surface area contributed by atoms with Crippen molar-refractivity contribution in [3.05, 3.63) is 94.5 Å².